The predicted molar refractivity (Wildman–Crippen MR) is 71.9 cm³/mol. The zero-order chi connectivity index (χ0) is 14.4. The van der Waals surface area contributed by atoms with Gasteiger partial charge in [0.15, 0.2) is 9.84 Å². The maximum absolute atomic E-state index is 12.1. The van der Waals surface area contributed by atoms with Gasteiger partial charge in [-0.2, -0.15) is 0 Å². The molecule has 1 fully saturated rings. The molecule has 2 unspecified atom stereocenters. The number of nitrogen functional groups attached to an aromatic ring is 1. The van der Waals surface area contributed by atoms with Crippen LogP contribution in [0.5, 0.6) is 0 Å². The van der Waals surface area contributed by atoms with Gasteiger partial charge in [-0.3, -0.25) is 0 Å². The lowest BCUT2D eigenvalue weighted by molar-refractivity contribution is 0.578. The number of hydrogen-bond donors (Lipinski definition) is 2. The molecule has 1 saturated carbocycles. The Hall–Kier alpha value is -1.12. The second-order valence-electron chi connectivity index (χ2n) is 4.91. The highest BCUT2D eigenvalue weighted by atomic mass is 32.2. The first kappa shape index (κ1) is 14.3. The highest BCUT2D eigenvalue weighted by Crippen LogP contribution is 2.32. The molecule has 2 atom stereocenters. The van der Waals surface area contributed by atoms with E-state index in [0.717, 1.165) is 18.7 Å². The first-order valence-electron chi connectivity index (χ1n) is 5.73. The molecule has 0 amide bonds. The smallest absolute Gasteiger partial charge is 0.242 e. The summed E-state index contributed by atoms with van der Waals surface area (Å²) >= 11 is 0. The van der Waals surface area contributed by atoms with Crippen LogP contribution >= 0.6 is 0 Å². The molecule has 6 nitrogen and oxygen atoms in total. The highest BCUT2D eigenvalue weighted by Gasteiger charge is 2.37. The van der Waals surface area contributed by atoms with Gasteiger partial charge in [0.2, 0.25) is 10.0 Å². The topological polar surface area (TPSA) is 106 Å². The Morgan fingerprint density at radius 3 is 2.32 bits per heavy atom. The quantitative estimate of drug-likeness (QED) is 0.781. The van der Waals surface area contributed by atoms with E-state index in [1.165, 1.54) is 12.1 Å². The third-order valence-electron chi connectivity index (χ3n) is 3.12. The summed E-state index contributed by atoms with van der Waals surface area (Å²) in [6, 6.07) is 3.59. The summed E-state index contributed by atoms with van der Waals surface area (Å²) in [5.41, 5.74) is 5.67. The SMILES string of the molecule is CC1CC1NS(=O)(=O)c1cc(S(C)(=O)=O)ccc1N. The molecule has 1 aromatic rings. The standard InChI is InChI=1S/C11H16N2O4S2/c1-7-5-10(7)13-19(16,17)11-6-8(18(2,14)15)3-4-9(11)12/h3-4,6-7,10,13H,5,12H2,1-2H3. The minimum Gasteiger partial charge on any atom is -0.398 e. The Morgan fingerprint density at radius 1 is 1.26 bits per heavy atom. The lowest BCUT2D eigenvalue weighted by atomic mass is 10.3. The number of hydrogen-bond acceptors (Lipinski definition) is 5. The predicted octanol–water partition coefficient (Wildman–Crippen LogP) is 0.359. The molecule has 19 heavy (non-hydrogen) atoms. The van der Waals surface area contributed by atoms with E-state index in [-0.39, 0.29) is 21.5 Å². The van der Waals surface area contributed by atoms with Crippen LogP contribution in [0.4, 0.5) is 5.69 Å². The van der Waals surface area contributed by atoms with Crippen LogP contribution in [-0.4, -0.2) is 29.1 Å². The van der Waals surface area contributed by atoms with Crippen LogP contribution < -0.4 is 10.5 Å². The molecule has 0 radical (unpaired) electrons. The van der Waals surface area contributed by atoms with Crippen LogP contribution in [0.1, 0.15) is 13.3 Å². The molecule has 1 aliphatic rings. The van der Waals surface area contributed by atoms with E-state index in [2.05, 4.69) is 4.72 Å². The lowest BCUT2D eigenvalue weighted by Crippen LogP contribution is -2.27. The van der Waals surface area contributed by atoms with Crippen molar-refractivity contribution in [3.05, 3.63) is 18.2 Å². The van der Waals surface area contributed by atoms with Gasteiger partial charge in [-0.25, -0.2) is 21.6 Å². The van der Waals surface area contributed by atoms with Crippen molar-refractivity contribution in [1.82, 2.24) is 4.72 Å². The third-order valence-corrected chi connectivity index (χ3v) is 5.77. The zero-order valence-electron chi connectivity index (χ0n) is 10.6. The number of nitrogens with one attached hydrogen (secondary N) is 1. The fourth-order valence-electron chi connectivity index (χ4n) is 1.73. The molecule has 1 aliphatic carbocycles. The van der Waals surface area contributed by atoms with Gasteiger partial charge < -0.3 is 5.73 Å². The van der Waals surface area contributed by atoms with Gasteiger partial charge in [-0.1, -0.05) is 6.92 Å². The van der Waals surface area contributed by atoms with Crippen molar-refractivity contribution in [2.24, 2.45) is 5.92 Å². The largest absolute Gasteiger partial charge is 0.398 e. The summed E-state index contributed by atoms with van der Waals surface area (Å²) in [6.45, 7) is 1.93. The summed E-state index contributed by atoms with van der Waals surface area (Å²) < 4.78 is 49.7. The number of rotatable bonds is 4. The first-order valence-corrected chi connectivity index (χ1v) is 9.10. The average Bonchev–Trinajstić information content (AvgIpc) is 2.91. The van der Waals surface area contributed by atoms with Crippen molar-refractivity contribution in [3.63, 3.8) is 0 Å². The second kappa shape index (κ2) is 4.46. The fourth-order valence-corrected chi connectivity index (χ4v) is 3.96. The first-order chi connectivity index (χ1) is 8.61. The van der Waals surface area contributed by atoms with Gasteiger partial charge in [-0.15, -0.1) is 0 Å². The molecule has 0 saturated heterocycles. The summed E-state index contributed by atoms with van der Waals surface area (Å²) in [6.07, 6.45) is 1.80. The van der Waals surface area contributed by atoms with Crippen LogP contribution in [0.25, 0.3) is 0 Å². The lowest BCUT2D eigenvalue weighted by Gasteiger charge is -2.10. The Bertz CT molecular complexity index is 710. The molecule has 0 aliphatic heterocycles. The molecule has 8 heteroatoms. The Morgan fingerprint density at radius 2 is 1.84 bits per heavy atom. The molecular weight excluding hydrogens is 288 g/mol. The van der Waals surface area contributed by atoms with Crippen molar-refractivity contribution in [3.8, 4) is 0 Å². The van der Waals surface area contributed by atoms with Gasteiger partial charge in [0, 0.05) is 12.3 Å². The van der Waals surface area contributed by atoms with Crippen LogP contribution in [-0.2, 0) is 19.9 Å². The van der Waals surface area contributed by atoms with E-state index in [4.69, 9.17) is 5.73 Å². The summed E-state index contributed by atoms with van der Waals surface area (Å²) in [4.78, 5) is -0.250. The molecule has 1 aromatic carbocycles. The van der Waals surface area contributed by atoms with Gasteiger partial charge in [0.25, 0.3) is 0 Å². The van der Waals surface area contributed by atoms with Crippen molar-refractivity contribution in [2.75, 3.05) is 12.0 Å². The number of sulfone groups is 1. The Labute approximate surface area is 113 Å². The molecule has 2 rings (SSSR count). The Balaban J connectivity index is 2.43. The van der Waals surface area contributed by atoms with E-state index in [1.54, 1.807) is 0 Å². The van der Waals surface area contributed by atoms with E-state index in [0.29, 0.717) is 5.92 Å². The molecule has 0 bridgehead atoms. The van der Waals surface area contributed by atoms with Crippen molar-refractivity contribution >= 4 is 25.5 Å². The molecule has 3 N–H and O–H groups in total. The van der Waals surface area contributed by atoms with E-state index in [1.807, 2.05) is 6.92 Å². The maximum atomic E-state index is 12.1. The maximum Gasteiger partial charge on any atom is 0.242 e. The normalized spacial score (nSPS) is 23.3. The molecular formula is C11H16N2O4S2. The molecule has 0 heterocycles. The second-order valence-corrected chi connectivity index (χ2v) is 8.61. The summed E-state index contributed by atoms with van der Waals surface area (Å²) in [7, 11) is -7.26. The molecule has 0 aromatic heterocycles. The van der Waals surface area contributed by atoms with Crippen molar-refractivity contribution in [2.45, 2.75) is 29.2 Å². The molecule has 106 valence electrons. The van der Waals surface area contributed by atoms with E-state index in [9.17, 15) is 16.8 Å². The van der Waals surface area contributed by atoms with Gasteiger partial charge in [0.05, 0.1) is 10.6 Å². The summed E-state index contributed by atoms with van der Waals surface area (Å²) in [5, 5.41) is 0. The van der Waals surface area contributed by atoms with Crippen molar-refractivity contribution < 1.29 is 16.8 Å². The number of nitrogens with two attached hydrogens (primary N) is 1. The van der Waals surface area contributed by atoms with Crippen LogP contribution in [0.2, 0.25) is 0 Å². The van der Waals surface area contributed by atoms with Crippen LogP contribution in [0.15, 0.2) is 28.0 Å². The number of anilines is 1. The van der Waals surface area contributed by atoms with Crippen LogP contribution in [0, 0.1) is 5.92 Å². The number of benzene rings is 1. The van der Waals surface area contributed by atoms with Gasteiger partial charge in [-0.05, 0) is 30.5 Å². The monoisotopic (exact) mass is 304 g/mol. The highest BCUT2D eigenvalue weighted by molar-refractivity contribution is 7.91. The van der Waals surface area contributed by atoms with Crippen LogP contribution in [0.3, 0.4) is 0 Å². The third kappa shape index (κ3) is 3.07. The van der Waals surface area contributed by atoms with Gasteiger partial charge in [0.1, 0.15) is 4.90 Å². The zero-order valence-corrected chi connectivity index (χ0v) is 12.3. The fraction of sp³-hybridized carbons (Fsp3) is 0.455. The van der Waals surface area contributed by atoms with Gasteiger partial charge >= 0.3 is 0 Å². The van der Waals surface area contributed by atoms with E-state index >= 15 is 0 Å². The minimum absolute atomic E-state index is 0.0354. The summed E-state index contributed by atoms with van der Waals surface area (Å²) in [5.74, 6) is 0.300. The molecule has 0 spiro atoms. The van der Waals surface area contributed by atoms with E-state index < -0.39 is 19.9 Å². The average molecular weight is 304 g/mol. The number of sulfonamides is 1. The van der Waals surface area contributed by atoms with Crippen molar-refractivity contribution in [1.29, 1.82) is 0 Å². The Kier molecular flexibility index (Phi) is 3.36. The minimum atomic E-state index is -3.78.